The van der Waals surface area contributed by atoms with E-state index in [0.29, 0.717) is 18.4 Å². The second-order valence-electron chi connectivity index (χ2n) is 23.2. The van der Waals surface area contributed by atoms with Gasteiger partial charge in [-0.1, -0.05) is 97.1 Å². The van der Waals surface area contributed by atoms with E-state index in [4.69, 9.17) is 28.4 Å². The highest BCUT2D eigenvalue weighted by molar-refractivity contribution is 5.71. The first-order valence-corrected chi connectivity index (χ1v) is 27.8. The van der Waals surface area contributed by atoms with E-state index < -0.39 is 83.4 Å². The molecule has 0 spiro atoms. The van der Waals surface area contributed by atoms with Crippen molar-refractivity contribution in [2.75, 3.05) is 0 Å². The molecule has 4 aliphatic heterocycles. The van der Waals surface area contributed by atoms with Gasteiger partial charge < -0.3 is 64.2 Å². The third-order valence-electron chi connectivity index (χ3n) is 15.3. The fourth-order valence-electron chi connectivity index (χ4n) is 9.95. The van der Waals surface area contributed by atoms with Gasteiger partial charge in [-0.05, 0) is 109 Å². The van der Waals surface area contributed by atoms with Crippen molar-refractivity contribution in [1.29, 1.82) is 0 Å². The zero-order valence-electron chi connectivity index (χ0n) is 48.4. The van der Waals surface area contributed by atoms with Gasteiger partial charge in [0.15, 0.2) is 0 Å². The zero-order valence-corrected chi connectivity index (χ0v) is 48.4. The quantitative estimate of drug-likeness (QED) is 0.0236. The SMILES string of the molecule is CCC(O)C(C)C1OC1CC(C)(O)/C=C/C=C(\C)C1OC(=O)CC(O)CCC(C)(O)C(OC(C)=O)/C=C/C1C.CCC(O)C(C)C1OC1CC(C)/C=C/C=C(\C)C1OC(=O)CC(O)CCC(C)(O)C(OC(C)=O)/C=C/C1C. The van der Waals surface area contributed by atoms with Gasteiger partial charge in [-0.15, -0.1) is 0 Å². The number of ether oxygens (including phenoxy) is 6. The van der Waals surface area contributed by atoms with Crippen molar-refractivity contribution in [3.8, 4) is 0 Å². The number of epoxide rings is 2. The van der Waals surface area contributed by atoms with Crippen LogP contribution in [0.2, 0.25) is 0 Å². The minimum Gasteiger partial charge on any atom is -0.457 e. The van der Waals surface area contributed by atoms with Gasteiger partial charge in [-0.2, -0.15) is 0 Å². The van der Waals surface area contributed by atoms with Crippen LogP contribution in [0.15, 0.2) is 71.9 Å². The summed E-state index contributed by atoms with van der Waals surface area (Å²) in [7, 11) is 0. The van der Waals surface area contributed by atoms with Gasteiger partial charge in [-0.3, -0.25) is 19.2 Å². The summed E-state index contributed by atoms with van der Waals surface area (Å²) in [6, 6.07) is 0. The van der Waals surface area contributed by atoms with E-state index in [-0.39, 0.29) is 98.6 Å². The Hall–Kier alpha value is -4.04. The standard InChI is InChI=1S/C30H48O9.C30H48O8/c1-8-23(33)20(4)28-24(38-28)17-29(6,35)14-9-10-18(2)27-19(3)11-12-25(37-21(5)31)30(7,36)15-13-22(32)16-26(34)39-27;1-8-24(33)21(5)29-25(37-29)16-18(2)10-9-11-19(3)28-20(4)12-13-26(36-22(6)31)30(7,35)15-14-23(32)17-27(34)38-28/h9-12,14,19-20,22-25,27-28,32-33,35-36H,8,13,15-17H2,1-7H3;9-13,18,20-21,23-26,28-29,32-33,35H,8,14-17H2,1-7H3/b12-11+,14-9+,18-10+;10-9+,13-12+,19-11+. The molecule has 0 bridgehead atoms. The van der Waals surface area contributed by atoms with Crippen molar-refractivity contribution in [3.63, 3.8) is 0 Å². The molecule has 2 fully saturated rings. The predicted molar refractivity (Wildman–Crippen MR) is 292 cm³/mol. The Kier molecular flexibility index (Phi) is 26.7. The van der Waals surface area contributed by atoms with Crippen LogP contribution in [0.1, 0.15) is 161 Å². The first kappa shape index (κ1) is 67.2. The van der Waals surface area contributed by atoms with E-state index in [2.05, 4.69) is 13.0 Å². The molecule has 4 heterocycles. The maximum absolute atomic E-state index is 12.6. The number of hydrogen-bond donors (Lipinski definition) is 7. The summed E-state index contributed by atoms with van der Waals surface area (Å²) in [5, 5.41) is 73.6. The first-order chi connectivity index (χ1) is 35.8. The summed E-state index contributed by atoms with van der Waals surface area (Å²) >= 11 is 0. The molecule has 0 aromatic heterocycles. The fourth-order valence-corrected chi connectivity index (χ4v) is 9.95. The number of rotatable bonds is 18. The smallest absolute Gasteiger partial charge is 0.309 e. The summed E-state index contributed by atoms with van der Waals surface area (Å²) in [5.74, 6) is -2.38. The van der Waals surface area contributed by atoms with Crippen LogP contribution >= 0.6 is 0 Å². The summed E-state index contributed by atoms with van der Waals surface area (Å²) in [4.78, 5) is 48.5. The highest BCUT2D eigenvalue weighted by Crippen LogP contribution is 2.39. The van der Waals surface area contributed by atoms with Gasteiger partial charge in [-0.25, -0.2) is 0 Å². The molecule has 0 aliphatic carbocycles. The molecule has 4 rings (SSSR count). The van der Waals surface area contributed by atoms with Crippen LogP contribution in [0.25, 0.3) is 0 Å². The maximum Gasteiger partial charge on any atom is 0.309 e. The van der Waals surface area contributed by atoms with Crippen molar-refractivity contribution in [2.45, 2.75) is 251 Å². The Morgan fingerprint density at radius 1 is 0.714 bits per heavy atom. The Morgan fingerprint density at radius 3 is 1.53 bits per heavy atom. The number of hydrogen-bond acceptors (Lipinski definition) is 17. The number of aliphatic hydroxyl groups excluding tert-OH is 4. The Morgan fingerprint density at radius 2 is 1.12 bits per heavy atom. The number of esters is 4. The van der Waals surface area contributed by atoms with Crippen molar-refractivity contribution in [1.82, 2.24) is 0 Å². The van der Waals surface area contributed by atoms with E-state index in [1.165, 1.54) is 20.8 Å². The summed E-state index contributed by atoms with van der Waals surface area (Å²) in [5.41, 5.74) is -2.45. The first-order valence-electron chi connectivity index (χ1n) is 27.8. The van der Waals surface area contributed by atoms with Gasteiger partial charge in [0.1, 0.15) is 35.6 Å². The number of aliphatic hydroxyl groups is 7. The minimum atomic E-state index is -1.43. The molecular weight excluding hydrogens is 993 g/mol. The largest absolute Gasteiger partial charge is 0.457 e. The monoisotopic (exact) mass is 1090 g/mol. The highest BCUT2D eigenvalue weighted by Gasteiger charge is 2.48. The molecule has 17 nitrogen and oxygen atoms in total. The van der Waals surface area contributed by atoms with E-state index in [0.717, 1.165) is 18.4 Å². The average Bonchev–Trinajstić information content (AvgIpc) is 4.28. The zero-order chi connectivity index (χ0) is 58.2. The van der Waals surface area contributed by atoms with E-state index in [1.807, 2.05) is 60.6 Å². The van der Waals surface area contributed by atoms with Gasteiger partial charge in [0.05, 0.1) is 67.3 Å². The minimum absolute atomic E-state index is 0.00472. The van der Waals surface area contributed by atoms with Crippen LogP contribution in [-0.4, -0.2) is 150 Å². The van der Waals surface area contributed by atoms with Crippen LogP contribution in [0.4, 0.5) is 0 Å². The van der Waals surface area contributed by atoms with E-state index >= 15 is 0 Å². The van der Waals surface area contributed by atoms with Crippen LogP contribution < -0.4 is 0 Å². The molecule has 0 aromatic carbocycles. The third-order valence-corrected chi connectivity index (χ3v) is 15.3. The fraction of sp³-hybridized carbons (Fsp3) is 0.733. The molecule has 20 atom stereocenters. The number of carbonyl (C=O) groups is 4. The number of allylic oxidation sites excluding steroid dienone is 5. The molecule has 2 saturated heterocycles. The van der Waals surface area contributed by atoms with E-state index in [1.54, 1.807) is 63.3 Å². The van der Waals surface area contributed by atoms with Gasteiger partial charge in [0.25, 0.3) is 0 Å². The van der Waals surface area contributed by atoms with Gasteiger partial charge in [0, 0.05) is 43.9 Å². The lowest BCUT2D eigenvalue weighted by Gasteiger charge is -2.32. The Balaban J connectivity index is 0.000000405. The van der Waals surface area contributed by atoms with Gasteiger partial charge in [0.2, 0.25) is 0 Å². The summed E-state index contributed by atoms with van der Waals surface area (Å²) in [6.45, 7) is 24.7. The molecule has 0 amide bonds. The normalized spacial score (nSPS) is 36.5. The lowest BCUT2D eigenvalue weighted by atomic mass is 9.88. The lowest BCUT2D eigenvalue weighted by Crippen LogP contribution is -2.42. The maximum atomic E-state index is 12.6. The van der Waals surface area contributed by atoms with Crippen LogP contribution in [0.5, 0.6) is 0 Å². The van der Waals surface area contributed by atoms with Crippen LogP contribution in [0.3, 0.4) is 0 Å². The average molecular weight is 1090 g/mol. The van der Waals surface area contributed by atoms with Crippen LogP contribution in [0, 0.1) is 29.6 Å². The second-order valence-corrected chi connectivity index (χ2v) is 23.2. The number of carbonyl (C=O) groups excluding carboxylic acids is 4. The molecule has 20 unspecified atom stereocenters. The molecule has 77 heavy (non-hydrogen) atoms. The molecule has 0 saturated carbocycles. The topological polar surface area (TPSA) is 272 Å². The van der Waals surface area contributed by atoms with Crippen molar-refractivity contribution in [3.05, 3.63) is 71.9 Å². The predicted octanol–water partition coefficient (Wildman–Crippen LogP) is 7.16. The molecular formula is C60H96O17. The molecule has 17 heteroatoms. The van der Waals surface area contributed by atoms with Gasteiger partial charge >= 0.3 is 23.9 Å². The van der Waals surface area contributed by atoms with Crippen molar-refractivity contribution >= 4 is 23.9 Å². The number of cyclic esters (lactones) is 2. The molecule has 7 N–H and O–H groups in total. The van der Waals surface area contributed by atoms with Crippen molar-refractivity contribution < 1.29 is 83.3 Å². The molecule has 438 valence electrons. The second kappa shape index (κ2) is 30.5. The van der Waals surface area contributed by atoms with E-state index in [9.17, 15) is 54.9 Å². The van der Waals surface area contributed by atoms with Crippen molar-refractivity contribution in [2.24, 2.45) is 29.6 Å². The highest BCUT2D eigenvalue weighted by atomic mass is 16.6. The lowest BCUT2D eigenvalue weighted by molar-refractivity contribution is -0.158. The molecule has 4 aliphatic rings. The Bertz CT molecular complexity index is 2080. The summed E-state index contributed by atoms with van der Waals surface area (Å²) < 4.78 is 33.7. The summed E-state index contributed by atoms with van der Waals surface area (Å²) in [6.07, 6.45) is 14.7. The van der Waals surface area contributed by atoms with Crippen LogP contribution in [-0.2, 0) is 47.6 Å². The molecule has 0 aromatic rings. The molecule has 0 radical (unpaired) electrons. The Labute approximate surface area is 458 Å². The third kappa shape index (κ3) is 22.9.